The molecule has 0 fully saturated rings. The van der Waals surface area contributed by atoms with Gasteiger partial charge in [0.1, 0.15) is 0 Å². The lowest BCUT2D eigenvalue weighted by Gasteiger charge is -1.99. The minimum absolute atomic E-state index is 0.0312. The van der Waals surface area contributed by atoms with E-state index in [0.717, 1.165) is 6.08 Å². The first-order valence-electron chi connectivity index (χ1n) is 6.32. The molecule has 0 aliphatic rings. The number of nitrogens with zero attached hydrogens (tertiary/aromatic N) is 1. The minimum Gasteiger partial charge on any atom is -0.454 e. The van der Waals surface area contributed by atoms with Crippen molar-refractivity contribution in [3.05, 3.63) is 70.0 Å². The van der Waals surface area contributed by atoms with Gasteiger partial charge >= 0.3 is 5.97 Å². The first-order chi connectivity index (χ1) is 10.6. The summed E-state index contributed by atoms with van der Waals surface area (Å²) in [5.74, 6) is -1.000. The number of hydrogen-bond donors (Lipinski definition) is 1. The molecule has 7 heteroatoms. The summed E-state index contributed by atoms with van der Waals surface area (Å²) < 4.78 is 4.81. The maximum Gasteiger partial charge on any atom is 0.331 e. The van der Waals surface area contributed by atoms with E-state index >= 15 is 0 Å². The third-order valence-corrected chi connectivity index (χ3v) is 2.76. The quantitative estimate of drug-likeness (QED) is 0.290. The Bertz CT molecular complexity index is 702. The van der Waals surface area contributed by atoms with Gasteiger partial charge in [-0.15, -0.1) is 0 Å². The van der Waals surface area contributed by atoms with E-state index in [4.69, 9.17) is 4.74 Å². The van der Waals surface area contributed by atoms with Crippen LogP contribution in [0, 0.1) is 10.1 Å². The second-order valence-electron chi connectivity index (χ2n) is 4.30. The van der Waals surface area contributed by atoms with Crippen LogP contribution in [0.2, 0.25) is 0 Å². The Balaban J connectivity index is 1.86. The van der Waals surface area contributed by atoms with Crippen molar-refractivity contribution in [2.24, 2.45) is 0 Å². The Labute approximate surface area is 125 Å². The summed E-state index contributed by atoms with van der Waals surface area (Å²) in [7, 11) is 0. The fourth-order valence-corrected chi connectivity index (χ4v) is 1.64. The summed E-state index contributed by atoms with van der Waals surface area (Å²) in [5.41, 5.74) is 0.946. The minimum atomic E-state index is -0.668. The number of carbonyl (C=O) groups is 2. The van der Waals surface area contributed by atoms with Gasteiger partial charge in [0.15, 0.2) is 6.61 Å². The molecule has 0 spiro atoms. The van der Waals surface area contributed by atoms with Crippen molar-refractivity contribution in [2.75, 3.05) is 6.61 Å². The van der Waals surface area contributed by atoms with Gasteiger partial charge in [-0.3, -0.25) is 14.9 Å². The Kier molecular flexibility index (Phi) is 4.81. The molecule has 1 aromatic carbocycles. The normalized spacial score (nSPS) is 10.5. The predicted octanol–water partition coefficient (Wildman–Crippen LogP) is 2.36. The molecule has 0 saturated carbocycles. The van der Waals surface area contributed by atoms with Crippen LogP contribution in [0.1, 0.15) is 16.1 Å². The summed E-state index contributed by atoms with van der Waals surface area (Å²) in [4.78, 5) is 35.8. The van der Waals surface area contributed by atoms with Crippen molar-refractivity contribution in [1.29, 1.82) is 0 Å². The molecule has 0 amide bonds. The number of rotatable bonds is 6. The van der Waals surface area contributed by atoms with Gasteiger partial charge in [0.05, 0.1) is 10.6 Å². The zero-order valence-corrected chi connectivity index (χ0v) is 11.4. The topological polar surface area (TPSA) is 102 Å². The number of aromatic amines is 1. The highest BCUT2D eigenvalue weighted by molar-refractivity contribution is 5.97. The first kappa shape index (κ1) is 15.2. The maximum absolute atomic E-state index is 11.6. The molecule has 1 N–H and O–H groups in total. The van der Waals surface area contributed by atoms with Gasteiger partial charge in [-0.05, 0) is 35.9 Å². The van der Waals surface area contributed by atoms with E-state index in [1.54, 1.807) is 18.3 Å². The number of aromatic nitrogens is 1. The molecule has 112 valence electrons. The highest BCUT2D eigenvalue weighted by Crippen LogP contribution is 2.12. The second-order valence-corrected chi connectivity index (χ2v) is 4.30. The molecule has 0 aliphatic carbocycles. The van der Waals surface area contributed by atoms with E-state index in [1.165, 1.54) is 30.3 Å². The fourth-order valence-electron chi connectivity index (χ4n) is 1.64. The molecule has 0 saturated heterocycles. The van der Waals surface area contributed by atoms with Crippen molar-refractivity contribution < 1.29 is 19.2 Å². The van der Waals surface area contributed by atoms with E-state index in [0.29, 0.717) is 11.3 Å². The van der Waals surface area contributed by atoms with Gasteiger partial charge in [-0.2, -0.15) is 0 Å². The van der Waals surface area contributed by atoms with Crippen molar-refractivity contribution in [3.8, 4) is 0 Å². The second kappa shape index (κ2) is 6.98. The van der Waals surface area contributed by atoms with Crippen LogP contribution in [0.3, 0.4) is 0 Å². The number of ether oxygens (including phenoxy) is 1. The van der Waals surface area contributed by atoms with E-state index in [2.05, 4.69) is 4.98 Å². The van der Waals surface area contributed by atoms with Crippen molar-refractivity contribution in [1.82, 2.24) is 4.98 Å². The Morgan fingerprint density at radius 1 is 1.23 bits per heavy atom. The Morgan fingerprint density at radius 2 is 1.95 bits per heavy atom. The number of H-pyrrole nitrogens is 1. The average Bonchev–Trinajstić information content (AvgIpc) is 3.05. The molecule has 1 aromatic heterocycles. The zero-order valence-electron chi connectivity index (χ0n) is 11.4. The summed E-state index contributed by atoms with van der Waals surface area (Å²) in [6.45, 7) is -0.357. The third-order valence-electron chi connectivity index (χ3n) is 2.76. The average molecular weight is 300 g/mol. The van der Waals surface area contributed by atoms with Crippen molar-refractivity contribution in [2.45, 2.75) is 0 Å². The SMILES string of the molecule is O=C(/C=C/c1ccc([N+](=O)[O-])cc1)OCC(=O)c1ccc[nH]1. The molecule has 2 aromatic rings. The van der Waals surface area contributed by atoms with E-state index < -0.39 is 10.9 Å². The van der Waals surface area contributed by atoms with Crippen LogP contribution < -0.4 is 0 Å². The molecule has 0 unspecified atom stereocenters. The lowest BCUT2D eigenvalue weighted by Crippen LogP contribution is -2.12. The van der Waals surface area contributed by atoms with Crippen LogP contribution in [-0.4, -0.2) is 28.3 Å². The molecule has 22 heavy (non-hydrogen) atoms. The number of nitrogens with one attached hydrogen (secondary N) is 1. The molecule has 0 aliphatic heterocycles. The highest BCUT2D eigenvalue weighted by atomic mass is 16.6. The van der Waals surface area contributed by atoms with Crippen LogP contribution in [0.4, 0.5) is 5.69 Å². The van der Waals surface area contributed by atoms with Gasteiger partial charge in [0.25, 0.3) is 5.69 Å². The van der Waals surface area contributed by atoms with Crippen molar-refractivity contribution >= 4 is 23.5 Å². The summed E-state index contributed by atoms with van der Waals surface area (Å²) in [6, 6.07) is 8.93. The number of benzene rings is 1. The van der Waals surface area contributed by atoms with Gasteiger partial charge < -0.3 is 9.72 Å². The molecule has 0 radical (unpaired) electrons. The monoisotopic (exact) mass is 300 g/mol. The van der Waals surface area contributed by atoms with Crippen LogP contribution in [-0.2, 0) is 9.53 Å². The largest absolute Gasteiger partial charge is 0.454 e. The number of hydrogen-bond acceptors (Lipinski definition) is 5. The van der Waals surface area contributed by atoms with Crippen LogP contribution >= 0.6 is 0 Å². The molecular formula is C15H12N2O5. The van der Waals surface area contributed by atoms with Gasteiger partial charge in [-0.25, -0.2) is 4.79 Å². The summed E-state index contributed by atoms with van der Waals surface area (Å²) in [6.07, 6.45) is 4.21. The van der Waals surface area contributed by atoms with E-state index in [9.17, 15) is 19.7 Å². The van der Waals surface area contributed by atoms with Crippen LogP contribution in [0.15, 0.2) is 48.7 Å². The number of non-ortho nitro benzene ring substituents is 1. The zero-order chi connectivity index (χ0) is 15.9. The smallest absolute Gasteiger partial charge is 0.331 e. The standard InChI is InChI=1S/C15H12N2O5/c18-14(13-2-1-9-16-13)10-22-15(19)8-5-11-3-6-12(7-4-11)17(20)21/h1-9,16H,10H2/b8-5+. The number of ketones is 1. The molecule has 0 atom stereocenters. The first-order valence-corrected chi connectivity index (χ1v) is 6.32. The van der Waals surface area contributed by atoms with Gasteiger partial charge in [-0.1, -0.05) is 0 Å². The number of nitro benzene ring substituents is 1. The lowest BCUT2D eigenvalue weighted by atomic mass is 10.2. The van der Waals surface area contributed by atoms with Crippen LogP contribution in [0.25, 0.3) is 6.08 Å². The molecule has 1 heterocycles. The fraction of sp³-hybridized carbons (Fsp3) is 0.0667. The summed E-state index contributed by atoms with van der Waals surface area (Å²) in [5, 5.41) is 10.5. The summed E-state index contributed by atoms with van der Waals surface area (Å²) >= 11 is 0. The van der Waals surface area contributed by atoms with Crippen LogP contribution in [0.5, 0.6) is 0 Å². The molecular weight excluding hydrogens is 288 g/mol. The number of carbonyl (C=O) groups excluding carboxylic acids is 2. The van der Waals surface area contributed by atoms with Gasteiger partial charge in [0, 0.05) is 24.4 Å². The lowest BCUT2D eigenvalue weighted by molar-refractivity contribution is -0.384. The maximum atomic E-state index is 11.6. The van der Waals surface area contributed by atoms with E-state index in [1.807, 2.05) is 0 Å². The number of Topliss-reactive ketones (excluding diaryl/α,β-unsaturated/α-hetero) is 1. The molecule has 2 rings (SSSR count). The Morgan fingerprint density at radius 3 is 2.55 bits per heavy atom. The predicted molar refractivity (Wildman–Crippen MR) is 78.2 cm³/mol. The van der Waals surface area contributed by atoms with E-state index in [-0.39, 0.29) is 18.1 Å². The molecule has 0 bridgehead atoms. The molecule has 7 nitrogen and oxygen atoms in total. The Hall–Kier alpha value is -3.22. The number of esters is 1. The highest BCUT2D eigenvalue weighted by Gasteiger charge is 2.08. The number of nitro groups is 1. The van der Waals surface area contributed by atoms with Gasteiger partial charge in [0.2, 0.25) is 5.78 Å². The van der Waals surface area contributed by atoms with Crippen molar-refractivity contribution in [3.63, 3.8) is 0 Å². The third kappa shape index (κ3) is 4.14.